The lowest BCUT2D eigenvalue weighted by atomic mass is 10.2. The van der Waals surface area contributed by atoms with Crippen LogP contribution in [-0.2, 0) is 6.54 Å². The first kappa shape index (κ1) is 11.6. The molecule has 0 aliphatic carbocycles. The van der Waals surface area contributed by atoms with Gasteiger partial charge in [-0.2, -0.15) is 5.26 Å². The third-order valence-corrected chi connectivity index (χ3v) is 3.32. The third kappa shape index (κ3) is 2.60. The molecule has 1 aromatic heterocycles. The van der Waals surface area contributed by atoms with Crippen LogP contribution in [0.4, 0.5) is 10.1 Å². The minimum absolute atomic E-state index is 0.321. The van der Waals surface area contributed by atoms with Gasteiger partial charge in [-0.3, -0.25) is 0 Å². The number of rotatable bonds is 3. The van der Waals surface area contributed by atoms with E-state index in [2.05, 4.69) is 10.3 Å². The van der Waals surface area contributed by atoms with Crippen LogP contribution in [-0.4, -0.2) is 4.98 Å². The molecule has 1 heterocycles. The lowest BCUT2D eigenvalue weighted by Gasteiger charge is -2.06. The van der Waals surface area contributed by atoms with Crippen LogP contribution in [0.15, 0.2) is 23.7 Å². The Kier molecular flexibility index (Phi) is 3.35. The van der Waals surface area contributed by atoms with E-state index in [0.717, 1.165) is 10.6 Å². The number of benzene rings is 1. The van der Waals surface area contributed by atoms with Gasteiger partial charge in [0.1, 0.15) is 5.82 Å². The zero-order valence-corrected chi connectivity index (χ0v) is 10.0. The van der Waals surface area contributed by atoms with E-state index in [1.54, 1.807) is 17.6 Å². The van der Waals surface area contributed by atoms with Gasteiger partial charge in [-0.05, 0) is 25.1 Å². The molecule has 17 heavy (non-hydrogen) atoms. The SMILES string of the molecule is Cc1ncsc1CNc1ccc(C#N)cc1F. The van der Waals surface area contributed by atoms with Crippen molar-refractivity contribution < 1.29 is 4.39 Å². The monoisotopic (exact) mass is 247 g/mol. The summed E-state index contributed by atoms with van der Waals surface area (Å²) in [7, 11) is 0. The third-order valence-electron chi connectivity index (χ3n) is 2.38. The molecule has 0 aliphatic rings. The fourth-order valence-corrected chi connectivity index (χ4v) is 2.12. The molecule has 0 amide bonds. The topological polar surface area (TPSA) is 48.7 Å². The summed E-state index contributed by atoms with van der Waals surface area (Å²) in [6.45, 7) is 2.46. The molecule has 0 fully saturated rings. The summed E-state index contributed by atoms with van der Waals surface area (Å²) >= 11 is 1.53. The predicted molar refractivity (Wildman–Crippen MR) is 65.3 cm³/mol. The minimum Gasteiger partial charge on any atom is -0.378 e. The van der Waals surface area contributed by atoms with Gasteiger partial charge in [0.2, 0.25) is 0 Å². The fraction of sp³-hybridized carbons (Fsp3) is 0.167. The Morgan fingerprint density at radius 1 is 1.53 bits per heavy atom. The molecule has 86 valence electrons. The fourth-order valence-electron chi connectivity index (χ4n) is 1.40. The van der Waals surface area contributed by atoms with E-state index in [4.69, 9.17) is 5.26 Å². The van der Waals surface area contributed by atoms with Gasteiger partial charge in [0.15, 0.2) is 0 Å². The molecule has 1 N–H and O–H groups in total. The second kappa shape index (κ2) is 4.93. The molecule has 0 aliphatic heterocycles. The number of nitriles is 1. The van der Waals surface area contributed by atoms with Crippen molar-refractivity contribution in [3.05, 3.63) is 45.7 Å². The Morgan fingerprint density at radius 2 is 2.35 bits per heavy atom. The first-order chi connectivity index (χ1) is 8.20. The first-order valence-corrected chi connectivity index (χ1v) is 5.91. The number of nitrogens with one attached hydrogen (secondary N) is 1. The van der Waals surface area contributed by atoms with Crippen LogP contribution in [0.25, 0.3) is 0 Å². The zero-order chi connectivity index (χ0) is 12.3. The first-order valence-electron chi connectivity index (χ1n) is 5.03. The molecule has 0 spiro atoms. The van der Waals surface area contributed by atoms with Gasteiger partial charge < -0.3 is 5.32 Å². The molecule has 2 rings (SSSR count). The summed E-state index contributed by atoms with van der Waals surface area (Å²) in [5.74, 6) is -0.411. The molecule has 1 aromatic carbocycles. The Labute approximate surface area is 103 Å². The second-order valence-corrected chi connectivity index (χ2v) is 4.46. The summed E-state index contributed by atoms with van der Waals surface area (Å²) in [4.78, 5) is 5.20. The van der Waals surface area contributed by atoms with Crippen molar-refractivity contribution in [2.24, 2.45) is 0 Å². The zero-order valence-electron chi connectivity index (χ0n) is 9.20. The highest BCUT2D eigenvalue weighted by molar-refractivity contribution is 7.09. The van der Waals surface area contributed by atoms with Crippen molar-refractivity contribution in [2.75, 3.05) is 5.32 Å². The Hall–Kier alpha value is -1.93. The highest BCUT2D eigenvalue weighted by Crippen LogP contribution is 2.18. The predicted octanol–water partition coefficient (Wildman–Crippen LogP) is 3.07. The highest BCUT2D eigenvalue weighted by atomic mass is 32.1. The minimum atomic E-state index is -0.411. The van der Waals surface area contributed by atoms with E-state index in [0.29, 0.717) is 17.8 Å². The number of aryl methyl sites for hydroxylation is 1. The van der Waals surface area contributed by atoms with Crippen LogP contribution in [0, 0.1) is 24.1 Å². The van der Waals surface area contributed by atoms with Gasteiger partial charge in [0.05, 0.1) is 35.1 Å². The maximum absolute atomic E-state index is 13.5. The largest absolute Gasteiger partial charge is 0.378 e. The van der Waals surface area contributed by atoms with Gasteiger partial charge in [0, 0.05) is 4.88 Å². The van der Waals surface area contributed by atoms with Crippen LogP contribution in [0.1, 0.15) is 16.1 Å². The van der Waals surface area contributed by atoms with Crippen LogP contribution in [0.2, 0.25) is 0 Å². The molecule has 0 bridgehead atoms. The van der Waals surface area contributed by atoms with Gasteiger partial charge >= 0.3 is 0 Å². The van der Waals surface area contributed by atoms with Gasteiger partial charge in [-0.1, -0.05) is 0 Å². The number of halogens is 1. The maximum atomic E-state index is 13.5. The van der Waals surface area contributed by atoms with E-state index in [1.165, 1.54) is 17.4 Å². The van der Waals surface area contributed by atoms with Crippen molar-refractivity contribution >= 4 is 17.0 Å². The van der Waals surface area contributed by atoms with Crippen molar-refractivity contribution in [3.8, 4) is 6.07 Å². The van der Waals surface area contributed by atoms with Gasteiger partial charge in [0.25, 0.3) is 0 Å². The molecule has 5 heteroatoms. The summed E-state index contributed by atoms with van der Waals surface area (Å²) < 4.78 is 13.5. The van der Waals surface area contributed by atoms with Crippen LogP contribution >= 0.6 is 11.3 Å². The van der Waals surface area contributed by atoms with Crippen molar-refractivity contribution in [1.29, 1.82) is 5.26 Å². The molecule has 0 radical (unpaired) electrons. The molecule has 0 atom stereocenters. The smallest absolute Gasteiger partial charge is 0.147 e. The molecule has 3 nitrogen and oxygen atoms in total. The average molecular weight is 247 g/mol. The lowest BCUT2D eigenvalue weighted by Crippen LogP contribution is -2.01. The summed E-state index contributed by atoms with van der Waals surface area (Å²) in [5.41, 5.74) is 3.44. The molecule has 2 aromatic rings. The number of aromatic nitrogens is 1. The van der Waals surface area contributed by atoms with E-state index in [-0.39, 0.29) is 0 Å². The van der Waals surface area contributed by atoms with E-state index in [1.807, 2.05) is 13.0 Å². The maximum Gasteiger partial charge on any atom is 0.147 e. The van der Waals surface area contributed by atoms with Crippen molar-refractivity contribution in [2.45, 2.75) is 13.5 Å². The second-order valence-electron chi connectivity index (χ2n) is 3.52. The molecule has 0 saturated heterocycles. The number of nitrogens with zero attached hydrogens (tertiary/aromatic N) is 2. The number of hydrogen-bond donors (Lipinski definition) is 1. The number of thiazole rings is 1. The average Bonchev–Trinajstić information content (AvgIpc) is 2.73. The highest BCUT2D eigenvalue weighted by Gasteiger charge is 2.05. The molecular formula is C12H10FN3S. The quantitative estimate of drug-likeness (QED) is 0.906. The Morgan fingerprint density at radius 3 is 2.94 bits per heavy atom. The number of anilines is 1. The van der Waals surface area contributed by atoms with Crippen LogP contribution in [0.5, 0.6) is 0 Å². The van der Waals surface area contributed by atoms with Crippen LogP contribution in [0.3, 0.4) is 0 Å². The molecule has 0 unspecified atom stereocenters. The van der Waals surface area contributed by atoms with Crippen molar-refractivity contribution in [1.82, 2.24) is 4.98 Å². The van der Waals surface area contributed by atoms with E-state index < -0.39 is 5.82 Å². The summed E-state index contributed by atoms with van der Waals surface area (Å²) in [6.07, 6.45) is 0. The van der Waals surface area contributed by atoms with Crippen LogP contribution < -0.4 is 5.32 Å². The normalized spacial score (nSPS) is 9.94. The standard InChI is InChI=1S/C12H10FN3S/c1-8-12(17-7-16-8)6-15-11-3-2-9(5-14)4-10(11)13/h2-4,7,15H,6H2,1H3. The van der Waals surface area contributed by atoms with Gasteiger partial charge in [-0.25, -0.2) is 9.37 Å². The van der Waals surface area contributed by atoms with Crippen molar-refractivity contribution in [3.63, 3.8) is 0 Å². The number of hydrogen-bond acceptors (Lipinski definition) is 4. The van der Waals surface area contributed by atoms with E-state index >= 15 is 0 Å². The summed E-state index contributed by atoms with van der Waals surface area (Å²) in [6, 6.07) is 6.28. The molecular weight excluding hydrogens is 237 g/mol. The Balaban J connectivity index is 2.10. The van der Waals surface area contributed by atoms with Gasteiger partial charge in [-0.15, -0.1) is 11.3 Å². The molecule has 0 saturated carbocycles. The lowest BCUT2D eigenvalue weighted by molar-refractivity contribution is 0.629. The summed E-state index contributed by atoms with van der Waals surface area (Å²) in [5, 5.41) is 11.6. The van der Waals surface area contributed by atoms with E-state index in [9.17, 15) is 4.39 Å². The Bertz CT molecular complexity index is 571.